The number of carbonyl (C=O) groups is 2. The third-order valence-corrected chi connectivity index (χ3v) is 5.84. The van der Waals surface area contributed by atoms with Crippen LogP contribution in [0, 0.1) is 5.41 Å². The summed E-state index contributed by atoms with van der Waals surface area (Å²) in [6, 6.07) is 0. The lowest BCUT2D eigenvalue weighted by Gasteiger charge is -2.47. The lowest BCUT2D eigenvalue weighted by Crippen LogP contribution is -2.62. The van der Waals surface area contributed by atoms with Crippen LogP contribution in [-0.2, 0) is 9.59 Å². The van der Waals surface area contributed by atoms with E-state index in [1.165, 1.54) is 0 Å². The molecule has 0 aromatic carbocycles. The normalized spacial score (nSPS) is 33.3. The number of amides is 2. The number of piperidine rings is 2. The van der Waals surface area contributed by atoms with Crippen LogP contribution in [0.1, 0.15) is 25.7 Å². The fourth-order valence-corrected chi connectivity index (χ4v) is 4.21. The minimum absolute atomic E-state index is 0.0872. The van der Waals surface area contributed by atoms with Crippen molar-refractivity contribution in [3.8, 4) is 0 Å². The molecule has 24 heavy (non-hydrogen) atoms. The van der Waals surface area contributed by atoms with Gasteiger partial charge in [0.2, 0.25) is 11.8 Å². The Morgan fingerprint density at radius 1 is 1.25 bits per heavy atom. The SMILES string of the molecule is CN1CCCN(CC(=O)N2CC[C@@H](O)[C@@]3(CCCNC3=O)C2)CC1. The number of nitrogens with zero attached hydrogens (tertiary/aromatic N) is 3. The lowest BCUT2D eigenvalue weighted by molar-refractivity contribution is -0.155. The summed E-state index contributed by atoms with van der Waals surface area (Å²) in [4.78, 5) is 31.5. The maximum atomic E-state index is 12.8. The summed E-state index contributed by atoms with van der Waals surface area (Å²) in [6.07, 6.45) is 2.45. The molecule has 7 nitrogen and oxygen atoms in total. The van der Waals surface area contributed by atoms with Crippen LogP contribution >= 0.6 is 0 Å². The van der Waals surface area contributed by atoms with E-state index in [2.05, 4.69) is 22.2 Å². The molecule has 0 aromatic heterocycles. The highest BCUT2D eigenvalue weighted by atomic mass is 16.3. The average molecular weight is 338 g/mol. The summed E-state index contributed by atoms with van der Waals surface area (Å²) >= 11 is 0. The molecule has 3 rings (SSSR count). The Bertz CT molecular complexity index is 486. The molecule has 136 valence electrons. The third kappa shape index (κ3) is 3.58. The highest BCUT2D eigenvalue weighted by molar-refractivity contribution is 5.86. The Kier molecular flexibility index (Phi) is 5.42. The Morgan fingerprint density at radius 3 is 2.88 bits per heavy atom. The molecule has 3 aliphatic rings. The van der Waals surface area contributed by atoms with Gasteiger partial charge in [-0.3, -0.25) is 14.5 Å². The van der Waals surface area contributed by atoms with E-state index in [0.717, 1.165) is 39.0 Å². The summed E-state index contributed by atoms with van der Waals surface area (Å²) in [5.74, 6) is -0.000603. The molecule has 7 heteroatoms. The number of rotatable bonds is 2. The van der Waals surface area contributed by atoms with Gasteiger partial charge in [-0.05, 0) is 45.8 Å². The van der Waals surface area contributed by atoms with E-state index in [1.807, 2.05) is 0 Å². The maximum absolute atomic E-state index is 12.8. The van der Waals surface area contributed by atoms with Crippen LogP contribution in [0.15, 0.2) is 0 Å². The molecule has 0 aromatic rings. The number of aliphatic hydroxyl groups is 1. The van der Waals surface area contributed by atoms with E-state index in [1.54, 1.807) is 4.90 Å². The molecular weight excluding hydrogens is 308 g/mol. The van der Waals surface area contributed by atoms with Crippen molar-refractivity contribution in [1.29, 1.82) is 0 Å². The fourth-order valence-electron chi connectivity index (χ4n) is 4.21. The second kappa shape index (κ2) is 7.37. The van der Waals surface area contributed by atoms with Gasteiger partial charge in [-0.1, -0.05) is 0 Å². The number of hydrogen-bond acceptors (Lipinski definition) is 5. The van der Waals surface area contributed by atoms with E-state index in [0.29, 0.717) is 39.0 Å². The first-order valence-corrected chi connectivity index (χ1v) is 9.16. The summed E-state index contributed by atoms with van der Waals surface area (Å²) in [5.41, 5.74) is -0.800. The molecule has 2 amide bonds. The standard InChI is InChI=1S/C17H30N4O3/c1-19-7-3-8-20(11-10-19)12-15(23)21-9-4-14(22)17(13-21)5-2-6-18-16(17)24/h14,22H,2-13H2,1H3,(H,18,24)/t14-,17-/m1/s1. The van der Waals surface area contributed by atoms with Crippen molar-refractivity contribution in [1.82, 2.24) is 20.0 Å². The average Bonchev–Trinajstić information content (AvgIpc) is 2.77. The van der Waals surface area contributed by atoms with Crippen LogP contribution in [-0.4, -0.2) is 97.1 Å². The zero-order valence-corrected chi connectivity index (χ0v) is 14.7. The predicted octanol–water partition coefficient (Wildman–Crippen LogP) is -0.886. The topological polar surface area (TPSA) is 76.1 Å². The zero-order chi connectivity index (χ0) is 17.2. The van der Waals surface area contributed by atoms with Gasteiger partial charge in [-0.2, -0.15) is 0 Å². The van der Waals surface area contributed by atoms with Crippen LogP contribution in [0.2, 0.25) is 0 Å². The molecule has 0 bridgehead atoms. The molecule has 3 saturated heterocycles. The van der Waals surface area contributed by atoms with Crippen LogP contribution in [0.3, 0.4) is 0 Å². The van der Waals surface area contributed by atoms with Gasteiger partial charge in [-0.25, -0.2) is 0 Å². The zero-order valence-electron chi connectivity index (χ0n) is 14.7. The van der Waals surface area contributed by atoms with Crippen molar-refractivity contribution in [2.75, 3.05) is 59.4 Å². The number of likely N-dealkylation sites (tertiary alicyclic amines) is 1. The van der Waals surface area contributed by atoms with Gasteiger partial charge in [0.15, 0.2) is 0 Å². The number of aliphatic hydroxyl groups excluding tert-OH is 1. The monoisotopic (exact) mass is 338 g/mol. The molecule has 0 radical (unpaired) electrons. The molecule has 0 saturated carbocycles. The van der Waals surface area contributed by atoms with Gasteiger partial charge in [0.1, 0.15) is 0 Å². The van der Waals surface area contributed by atoms with Crippen LogP contribution < -0.4 is 5.32 Å². The number of hydrogen-bond donors (Lipinski definition) is 2. The molecule has 2 N–H and O–H groups in total. The molecule has 0 unspecified atom stereocenters. The van der Waals surface area contributed by atoms with E-state index < -0.39 is 11.5 Å². The summed E-state index contributed by atoms with van der Waals surface area (Å²) in [5, 5.41) is 13.3. The molecule has 3 aliphatic heterocycles. The summed E-state index contributed by atoms with van der Waals surface area (Å²) in [6.45, 7) is 5.89. The van der Waals surface area contributed by atoms with Crippen LogP contribution in [0.5, 0.6) is 0 Å². The van der Waals surface area contributed by atoms with Gasteiger partial charge < -0.3 is 20.2 Å². The van der Waals surface area contributed by atoms with Gasteiger partial charge in [-0.15, -0.1) is 0 Å². The van der Waals surface area contributed by atoms with Gasteiger partial charge in [0, 0.05) is 32.7 Å². The molecule has 1 spiro atoms. The number of nitrogens with one attached hydrogen (secondary N) is 1. The summed E-state index contributed by atoms with van der Waals surface area (Å²) < 4.78 is 0. The van der Waals surface area contributed by atoms with Crippen molar-refractivity contribution in [2.45, 2.75) is 31.8 Å². The van der Waals surface area contributed by atoms with Crippen molar-refractivity contribution >= 4 is 11.8 Å². The van der Waals surface area contributed by atoms with E-state index in [9.17, 15) is 14.7 Å². The predicted molar refractivity (Wildman–Crippen MR) is 90.4 cm³/mol. The first-order chi connectivity index (χ1) is 11.5. The first-order valence-electron chi connectivity index (χ1n) is 9.16. The molecule has 0 aliphatic carbocycles. The minimum atomic E-state index is -0.800. The lowest BCUT2D eigenvalue weighted by atomic mass is 9.71. The molecular formula is C17H30N4O3. The Hall–Kier alpha value is -1.18. The van der Waals surface area contributed by atoms with Crippen molar-refractivity contribution in [3.05, 3.63) is 0 Å². The molecule has 2 atom stereocenters. The smallest absolute Gasteiger partial charge is 0.236 e. The molecule has 3 heterocycles. The second-order valence-corrected chi connectivity index (χ2v) is 7.57. The second-order valence-electron chi connectivity index (χ2n) is 7.57. The quantitative estimate of drug-likeness (QED) is 0.683. The minimum Gasteiger partial charge on any atom is -0.392 e. The third-order valence-electron chi connectivity index (χ3n) is 5.84. The highest BCUT2D eigenvalue weighted by Crippen LogP contribution is 2.37. The van der Waals surface area contributed by atoms with E-state index >= 15 is 0 Å². The highest BCUT2D eigenvalue weighted by Gasteiger charge is 2.50. The Balaban J connectivity index is 1.62. The van der Waals surface area contributed by atoms with Crippen molar-refractivity contribution < 1.29 is 14.7 Å². The van der Waals surface area contributed by atoms with Gasteiger partial charge in [0.05, 0.1) is 18.1 Å². The largest absolute Gasteiger partial charge is 0.392 e. The van der Waals surface area contributed by atoms with Gasteiger partial charge in [0.25, 0.3) is 0 Å². The first kappa shape index (κ1) is 17.6. The van der Waals surface area contributed by atoms with Crippen molar-refractivity contribution in [2.24, 2.45) is 5.41 Å². The maximum Gasteiger partial charge on any atom is 0.236 e. The fraction of sp³-hybridized carbons (Fsp3) is 0.882. The summed E-state index contributed by atoms with van der Waals surface area (Å²) in [7, 11) is 2.11. The molecule has 3 fully saturated rings. The van der Waals surface area contributed by atoms with Crippen LogP contribution in [0.4, 0.5) is 0 Å². The number of likely N-dealkylation sites (N-methyl/N-ethyl adjacent to an activating group) is 1. The van der Waals surface area contributed by atoms with E-state index in [4.69, 9.17) is 0 Å². The van der Waals surface area contributed by atoms with E-state index in [-0.39, 0.29) is 11.8 Å². The Labute approximate surface area is 144 Å². The number of carbonyl (C=O) groups excluding carboxylic acids is 2. The Morgan fingerprint density at radius 2 is 2.08 bits per heavy atom. The van der Waals surface area contributed by atoms with Crippen LogP contribution in [0.25, 0.3) is 0 Å². The van der Waals surface area contributed by atoms with Gasteiger partial charge >= 0.3 is 0 Å². The van der Waals surface area contributed by atoms with Crippen molar-refractivity contribution in [3.63, 3.8) is 0 Å².